The number of hydrogen-bond acceptors (Lipinski definition) is 5. The van der Waals surface area contributed by atoms with Gasteiger partial charge in [-0.15, -0.1) is 11.8 Å². The molecule has 2 aliphatic rings. The first-order valence-corrected chi connectivity index (χ1v) is 10.3. The van der Waals surface area contributed by atoms with Crippen LogP contribution >= 0.6 is 11.8 Å². The first-order chi connectivity index (χ1) is 13.1. The molecule has 1 aromatic heterocycles. The van der Waals surface area contributed by atoms with E-state index in [0.717, 1.165) is 25.0 Å². The summed E-state index contributed by atoms with van der Waals surface area (Å²) >= 11 is 1.69. The van der Waals surface area contributed by atoms with Crippen molar-refractivity contribution in [3.8, 4) is 0 Å². The Kier molecular flexibility index (Phi) is 5.18. The number of thioether (sulfide) groups is 1. The number of anilines is 1. The zero-order valence-electron chi connectivity index (χ0n) is 15.4. The van der Waals surface area contributed by atoms with Crippen LogP contribution in [0.2, 0.25) is 0 Å². The zero-order valence-corrected chi connectivity index (χ0v) is 16.3. The molecule has 3 heterocycles. The molecule has 2 N–H and O–H groups in total. The number of nitrogens with one attached hydrogen (secondary N) is 2. The molecule has 0 bridgehead atoms. The zero-order chi connectivity index (χ0) is 18.8. The van der Waals surface area contributed by atoms with Crippen LogP contribution in [-0.2, 0) is 4.74 Å². The van der Waals surface area contributed by atoms with Crippen molar-refractivity contribution in [1.29, 1.82) is 0 Å². The summed E-state index contributed by atoms with van der Waals surface area (Å²) in [4.78, 5) is 23.0. The smallest absolute Gasteiger partial charge is 0.257 e. The number of rotatable bonds is 4. The Morgan fingerprint density at radius 3 is 2.89 bits per heavy atom. The molecule has 2 aliphatic heterocycles. The minimum atomic E-state index is -0.360. The Labute approximate surface area is 162 Å². The van der Waals surface area contributed by atoms with Crippen molar-refractivity contribution in [3.05, 3.63) is 51.9 Å². The molecular formula is C19H23N5O2S. The lowest BCUT2D eigenvalue weighted by atomic mass is 10.1. The third-order valence-corrected chi connectivity index (χ3v) is 5.49. The first kappa shape index (κ1) is 18.1. The van der Waals surface area contributed by atoms with E-state index in [2.05, 4.69) is 32.7 Å². The molecule has 8 heteroatoms. The summed E-state index contributed by atoms with van der Waals surface area (Å²) < 4.78 is 7.28. The highest BCUT2D eigenvalue weighted by Gasteiger charge is 2.26. The summed E-state index contributed by atoms with van der Waals surface area (Å²) in [6, 6.07) is 9.72. The third-order valence-electron chi connectivity index (χ3n) is 4.75. The lowest BCUT2D eigenvalue weighted by Gasteiger charge is -2.31. The van der Waals surface area contributed by atoms with Crippen molar-refractivity contribution in [2.45, 2.75) is 36.9 Å². The molecule has 2 aromatic rings. The predicted octanol–water partition coefficient (Wildman–Crippen LogP) is 2.37. The number of benzene rings is 1. The van der Waals surface area contributed by atoms with Crippen molar-refractivity contribution >= 4 is 23.7 Å². The number of nitrogens with zero attached hydrogens (tertiary/aromatic N) is 3. The fourth-order valence-corrected chi connectivity index (χ4v) is 3.77. The fourth-order valence-electron chi connectivity index (χ4n) is 3.36. The van der Waals surface area contributed by atoms with Gasteiger partial charge in [0.25, 0.3) is 5.56 Å². The summed E-state index contributed by atoms with van der Waals surface area (Å²) in [6.07, 6.45) is 3.96. The van der Waals surface area contributed by atoms with Crippen LogP contribution in [0.25, 0.3) is 0 Å². The molecule has 142 valence electrons. The fraction of sp³-hybridized carbons (Fsp3) is 0.421. The highest BCUT2D eigenvalue weighted by molar-refractivity contribution is 7.98. The minimum absolute atomic E-state index is 0.102. The van der Waals surface area contributed by atoms with Gasteiger partial charge in [-0.25, -0.2) is 4.98 Å². The van der Waals surface area contributed by atoms with Gasteiger partial charge in [-0.1, -0.05) is 12.1 Å². The van der Waals surface area contributed by atoms with E-state index in [1.54, 1.807) is 22.4 Å². The van der Waals surface area contributed by atoms with Gasteiger partial charge in [-0.2, -0.15) is 0 Å². The van der Waals surface area contributed by atoms with Crippen LogP contribution in [0.1, 0.15) is 30.3 Å². The van der Waals surface area contributed by atoms with Crippen molar-refractivity contribution in [2.75, 3.05) is 24.7 Å². The summed E-state index contributed by atoms with van der Waals surface area (Å²) in [5.41, 5.74) is 1.55. The quantitative estimate of drug-likeness (QED) is 0.787. The highest BCUT2D eigenvalue weighted by Crippen LogP contribution is 2.24. The SMILES string of the molecule is CSc1ccc([C@@H]2NC(=NC[C@@H]3CCCO3)Nc3nc(C)cc(=O)n32)cc1. The maximum atomic E-state index is 12.6. The molecule has 1 fully saturated rings. The van der Waals surface area contributed by atoms with Crippen LogP contribution in [0.5, 0.6) is 0 Å². The van der Waals surface area contributed by atoms with Crippen molar-refractivity contribution < 1.29 is 4.74 Å². The predicted molar refractivity (Wildman–Crippen MR) is 108 cm³/mol. The minimum Gasteiger partial charge on any atom is -0.376 e. The van der Waals surface area contributed by atoms with E-state index in [1.807, 2.05) is 25.3 Å². The van der Waals surface area contributed by atoms with Crippen LogP contribution in [0.15, 0.2) is 45.0 Å². The third kappa shape index (κ3) is 3.86. The molecule has 4 rings (SSSR count). The lowest BCUT2D eigenvalue weighted by molar-refractivity contribution is 0.117. The van der Waals surface area contributed by atoms with Gasteiger partial charge >= 0.3 is 0 Å². The molecule has 0 spiro atoms. The number of ether oxygens (including phenoxy) is 1. The number of hydrogen-bond donors (Lipinski definition) is 2. The van der Waals surface area contributed by atoms with E-state index >= 15 is 0 Å². The largest absolute Gasteiger partial charge is 0.376 e. The van der Waals surface area contributed by atoms with Crippen LogP contribution in [0, 0.1) is 6.92 Å². The molecule has 0 saturated carbocycles. The molecule has 27 heavy (non-hydrogen) atoms. The van der Waals surface area contributed by atoms with Crippen LogP contribution in [-0.4, -0.2) is 41.0 Å². The number of aromatic nitrogens is 2. The summed E-state index contributed by atoms with van der Waals surface area (Å²) in [7, 11) is 0. The molecule has 7 nitrogen and oxygen atoms in total. The average molecular weight is 385 g/mol. The van der Waals surface area contributed by atoms with E-state index in [-0.39, 0.29) is 17.8 Å². The van der Waals surface area contributed by atoms with Gasteiger partial charge in [0.1, 0.15) is 6.17 Å². The number of guanidine groups is 1. The van der Waals surface area contributed by atoms with Gasteiger partial charge < -0.3 is 10.1 Å². The van der Waals surface area contributed by atoms with Gasteiger partial charge in [0.05, 0.1) is 12.6 Å². The summed E-state index contributed by atoms with van der Waals surface area (Å²) in [6.45, 7) is 3.21. The highest BCUT2D eigenvalue weighted by atomic mass is 32.2. The van der Waals surface area contributed by atoms with Crippen LogP contribution in [0.4, 0.5) is 5.95 Å². The Morgan fingerprint density at radius 2 is 2.19 bits per heavy atom. The second kappa shape index (κ2) is 7.74. The van der Waals surface area contributed by atoms with E-state index in [0.29, 0.717) is 24.1 Å². The Bertz CT molecular complexity index is 903. The van der Waals surface area contributed by atoms with E-state index in [1.165, 1.54) is 4.90 Å². The molecule has 1 saturated heterocycles. The first-order valence-electron chi connectivity index (χ1n) is 9.08. The van der Waals surface area contributed by atoms with Gasteiger partial charge in [0.15, 0.2) is 5.96 Å². The average Bonchev–Trinajstić information content (AvgIpc) is 3.19. The Balaban J connectivity index is 1.69. The number of fused-ring (bicyclic) bond motifs is 1. The second-order valence-electron chi connectivity index (χ2n) is 6.70. The van der Waals surface area contributed by atoms with Crippen LogP contribution in [0.3, 0.4) is 0 Å². The molecule has 0 aliphatic carbocycles. The van der Waals surface area contributed by atoms with Crippen molar-refractivity contribution in [2.24, 2.45) is 4.99 Å². The van der Waals surface area contributed by atoms with Gasteiger partial charge in [-0.05, 0) is 43.7 Å². The number of aliphatic imine (C=N–C) groups is 1. The van der Waals surface area contributed by atoms with E-state index in [4.69, 9.17) is 4.74 Å². The maximum absolute atomic E-state index is 12.6. The van der Waals surface area contributed by atoms with Gasteiger partial charge in [-0.3, -0.25) is 19.7 Å². The van der Waals surface area contributed by atoms with Gasteiger partial charge in [0, 0.05) is 23.3 Å². The maximum Gasteiger partial charge on any atom is 0.257 e. The molecule has 0 radical (unpaired) electrons. The Hall–Kier alpha value is -2.32. The molecule has 2 atom stereocenters. The topological polar surface area (TPSA) is 80.5 Å². The normalized spacial score (nSPS) is 23.0. The molecular weight excluding hydrogens is 362 g/mol. The van der Waals surface area contributed by atoms with Crippen LogP contribution < -0.4 is 16.2 Å². The molecule has 1 aromatic carbocycles. The van der Waals surface area contributed by atoms with Gasteiger partial charge in [0.2, 0.25) is 5.95 Å². The second-order valence-corrected chi connectivity index (χ2v) is 7.58. The monoisotopic (exact) mass is 385 g/mol. The summed E-state index contributed by atoms with van der Waals surface area (Å²) in [5.74, 6) is 1.12. The lowest BCUT2D eigenvalue weighted by Crippen LogP contribution is -2.48. The summed E-state index contributed by atoms with van der Waals surface area (Å²) in [5, 5.41) is 6.50. The van der Waals surface area contributed by atoms with E-state index in [9.17, 15) is 4.79 Å². The van der Waals surface area contributed by atoms with Crippen molar-refractivity contribution in [1.82, 2.24) is 14.9 Å². The molecule has 0 amide bonds. The number of aryl methyl sites for hydroxylation is 1. The van der Waals surface area contributed by atoms with Crippen molar-refractivity contribution in [3.63, 3.8) is 0 Å². The standard InChI is InChI=1S/C19H23N5O2S/c1-12-10-16(25)24-17(13-5-7-15(27-2)8-6-13)22-18(23-19(24)21-12)20-11-14-4-3-9-26-14/h5-8,10,14,17H,3-4,9,11H2,1-2H3,(H2,20,21,22,23)/t14-,17+/m0/s1. The van der Waals surface area contributed by atoms with E-state index < -0.39 is 0 Å². The Morgan fingerprint density at radius 1 is 1.37 bits per heavy atom. The molecule has 0 unspecified atom stereocenters.